The van der Waals surface area contributed by atoms with Gasteiger partial charge in [-0.1, -0.05) is 24.3 Å². The molecule has 3 aromatic rings. The molecule has 1 N–H and O–H groups in total. The van der Waals surface area contributed by atoms with Crippen molar-refractivity contribution in [2.24, 2.45) is 0 Å². The van der Waals surface area contributed by atoms with Gasteiger partial charge in [0.2, 0.25) is 0 Å². The Labute approximate surface area is 157 Å². The monoisotopic (exact) mass is 363 g/mol. The van der Waals surface area contributed by atoms with Gasteiger partial charge in [-0.15, -0.1) is 0 Å². The van der Waals surface area contributed by atoms with Gasteiger partial charge in [0, 0.05) is 49.9 Å². The van der Waals surface area contributed by atoms with Crippen molar-refractivity contribution in [3.63, 3.8) is 0 Å². The van der Waals surface area contributed by atoms with Gasteiger partial charge in [-0.05, 0) is 36.2 Å². The Balaban J connectivity index is 1.73. The minimum atomic E-state index is -0.354. The standard InChI is InChI=1S/C20H21N5O2/c26-25(27)20-9-2-1-8-19(20)24(15-11-17-6-5-12-21-16-17)23-14-10-18-7-3-4-13-22-18/h1-9,12-13,16,23H,10-11,14-15H2. The van der Waals surface area contributed by atoms with Crippen LogP contribution in [0.2, 0.25) is 0 Å². The normalized spacial score (nSPS) is 10.5. The van der Waals surface area contributed by atoms with Gasteiger partial charge in [0.15, 0.2) is 0 Å². The summed E-state index contributed by atoms with van der Waals surface area (Å²) in [5.41, 5.74) is 5.99. The number of hydrazine groups is 1. The molecule has 0 aliphatic carbocycles. The summed E-state index contributed by atoms with van der Waals surface area (Å²) in [5.74, 6) is 0. The zero-order chi connectivity index (χ0) is 18.9. The summed E-state index contributed by atoms with van der Waals surface area (Å²) in [6, 6.07) is 16.4. The molecule has 3 rings (SSSR count). The Morgan fingerprint density at radius 2 is 1.85 bits per heavy atom. The second-order valence-corrected chi connectivity index (χ2v) is 5.99. The highest BCUT2D eigenvalue weighted by Gasteiger charge is 2.18. The lowest BCUT2D eigenvalue weighted by molar-refractivity contribution is -0.384. The van der Waals surface area contributed by atoms with Gasteiger partial charge in [-0.3, -0.25) is 20.1 Å². The summed E-state index contributed by atoms with van der Waals surface area (Å²) in [6.45, 7) is 1.20. The summed E-state index contributed by atoms with van der Waals surface area (Å²) < 4.78 is 0. The number of hydrogen-bond donors (Lipinski definition) is 1. The van der Waals surface area contributed by atoms with Crippen molar-refractivity contribution in [3.8, 4) is 0 Å². The van der Waals surface area contributed by atoms with Gasteiger partial charge in [0.05, 0.1) is 4.92 Å². The van der Waals surface area contributed by atoms with Crippen LogP contribution in [-0.4, -0.2) is 28.0 Å². The van der Waals surface area contributed by atoms with Gasteiger partial charge in [-0.25, -0.2) is 5.43 Å². The van der Waals surface area contributed by atoms with E-state index in [1.807, 2.05) is 41.5 Å². The van der Waals surface area contributed by atoms with Crippen molar-refractivity contribution >= 4 is 11.4 Å². The van der Waals surface area contributed by atoms with Crippen LogP contribution in [0.1, 0.15) is 11.3 Å². The van der Waals surface area contributed by atoms with Crippen molar-refractivity contribution in [2.45, 2.75) is 12.8 Å². The second-order valence-electron chi connectivity index (χ2n) is 5.99. The summed E-state index contributed by atoms with van der Waals surface area (Å²) >= 11 is 0. The molecule has 7 nitrogen and oxygen atoms in total. The number of nitro benzene ring substituents is 1. The second kappa shape index (κ2) is 9.40. The van der Waals surface area contributed by atoms with Crippen LogP contribution in [0.15, 0.2) is 73.2 Å². The molecule has 0 saturated carbocycles. The Bertz CT molecular complexity index is 859. The fourth-order valence-corrected chi connectivity index (χ4v) is 2.78. The van der Waals surface area contributed by atoms with Crippen molar-refractivity contribution in [1.29, 1.82) is 0 Å². The molecule has 0 radical (unpaired) electrons. The highest BCUT2D eigenvalue weighted by Crippen LogP contribution is 2.26. The van der Waals surface area contributed by atoms with Crippen LogP contribution in [0.25, 0.3) is 0 Å². The maximum absolute atomic E-state index is 11.4. The summed E-state index contributed by atoms with van der Waals surface area (Å²) in [6.07, 6.45) is 6.75. The van der Waals surface area contributed by atoms with Crippen LogP contribution < -0.4 is 10.4 Å². The lowest BCUT2D eigenvalue weighted by atomic mass is 10.2. The molecule has 0 aliphatic heterocycles. The van der Waals surface area contributed by atoms with Gasteiger partial charge < -0.3 is 5.01 Å². The quantitative estimate of drug-likeness (QED) is 0.464. The van der Waals surface area contributed by atoms with E-state index < -0.39 is 0 Å². The average molecular weight is 363 g/mol. The largest absolute Gasteiger partial charge is 0.302 e. The first-order valence-corrected chi connectivity index (χ1v) is 8.77. The third kappa shape index (κ3) is 5.32. The lowest BCUT2D eigenvalue weighted by Crippen LogP contribution is -2.41. The van der Waals surface area contributed by atoms with Crippen molar-refractivity contribution in [1.82, 2.24) is 15.4 Å². The minimum absolute atomic E-state index is 0.0778. The molecule has 1 aromatic carbocycles. The lowest BCUT2D eigenvalue weighted by Gasteiger charge is -2.25. The van der Waals surface area contributed by atoms with Crippen molar-refractivity contribution < 1.29 is 4.92 Å². The highest BCUT2D eigenvalue weighted by atomic mass is 16.6. The number of anilines is 1. The zero-order valence-electron chi connectivity index (χ0n) is 14.9. The molecule has 0 spiro atoms. The van der Waals surface area contributed by atoms with E-state index in [4.69, 9.17) is 0 Å². The molecular weight excluding hydrogens is 342 g/mol. The topological polar surface area (TPSA) is 84.2 Å². The van der Waals surface area contributed by atoms with Crippen LogP contribution in [0, 0.1) is 10.1 Å². The predicted molar refractivity (Wildman–Crippen MR) is 104 cm³/mol. The van der Waals surface area contributed by atoms with Crippen molar-refractivity contribution in [3.05, 3.63) is 94.6 Å². The third-order valence-corrected chi connectivity index (χ3v) is 4.13. The number of pyridine rings is 2. The number of aromatic nitrogens is 2. The highest BCUT2D eigenvalue weighted by molar-refractivity contribution is 5.62. The number of benzene rings is 1. The first-order valence-electron chi connectivity index (χ1n) is 8.77. The van der Waals surface area contributed by atoms with Gasteiger partial charge in [0.1, 0.15) is 5.69 Å². The number of hydrogen-bond acceptors (Lipinski definition) is 6. The van der Waals surface area contributed by atoms with E-state index in [0.717, 1.165) is 24.1 Å². The van der Waals surface area contributed by atoms with Gasteiger partial charge in [-0.2, -0.15) is 0 Å². The summed E-state index contributed by atoms with van der Waals surface area (Å²) in [7, 11) is 0. The molecule has 2 aromatic heterocycles. The number of nitrogens with one attached hydrogen (secondary N) is 1. The summed E-state index contributed by atoms with van der Waals surface area (Å²) in [5, 5.41) is 13.3. The first kappa shape index (κ1) is 18.5. The minimum Gasteiger partial charge on any atom is -0.302 e. The molecule has 138 valence electrons. The van der Waals surface area contributed by atoms with Crippen LogP contribution in [0.3, 0.4) is 0 Å². The molecule has 0 bridgehead atoms. The van der Waals surface area contributed by atoms with Gasteiger partial charge >= 0.3 is 0 Å². The molecule has 7 heteroatoms. The summed E-state index contributed by atoms with van der Waals surface area (Å²) in [4.78, 5) is 19.5. The van der Waals surface area contributed by atoms with Crippen LogP contribution in [0.5, 0.6) is 0 Å². The van der Waals surface area contributed by atoms with Gasteiger partial charge in [0.25, 0.3) is 5.69 Å². The zero-order valence-corrected chi connectivity index (χ0v) is 14.9. The van der Waals surface area contributed by atoms with E-state index in [-0.39, 0.29) is 10.6 Å². The first-order chi connectivity index (χ1) is 13.2. The number of rotatable bonds is 9. The van der Waals surface area contributed by atoms with E-state index >= 15 is 0 Å². The molecule has 0 fully saturated rings. The Kier molecular flexibility index (Phi) is 6.43. The molecule has 2 heterocycles. The predicted octanol–water partition coefficient (Wildman–Crippen LogP) is 3.18. The van der Waals surface area contributed by atoms with E-state index in [1.165, 1.54) is 6.07 Å². The number of nitrogens with zero attached hydrogens (tertiary/aromatic N) is 4. The maximum Gasteiger partial charge on any atom is 0.293 e. The van der Waals surface area contributed by atoms with Crippen molar-refractivity contribution in [2.75, 3.05) is 18.1 Å². The van der Waals surface area contributed by atoms with Crippen LogP contribution in [0.4, 0.5) is 11.4 Å². The number of para-hydroxylation sites is 2. The molecule has 0 aliphatic rings. The molecule has 0 atom stereocenters. The molecule has 0 saturated heterocycles. The SMILES string of the molecule is O=[N+]([O-])c1ccccc1N(CCc1cccnc1)NCCc1ccccn1. The van der Waals surface area contributed by atoms with Crippen LogP contribution >= 0.6 is 0 Å². The van der Waals surface area contributed by atoms with E-state index in [0.29, 0.717) is 18.8 Å². The molecule has 27 heavy (non-hydrogen) atoms. The molecule has 0 amide bonds. The molecule has 0 unspecified atom stereocenters. The molecular formula is C20H21N5O2. The maximum atomic E-state index is 11.4. The fourth-order valence-electron chi connectivity index (χ4n) is 2.78. The van der Waals surface area contributed by atoms with E-state index in [9.17, 15) is 10.1 Å². The Hall–Kier alpha value is -3.32. The average Bonchev–Trinajstić information content (AvgIpc) is 2.72. The third-order valence-electron chi connectivity index (χ3n) is 4.13. The Morgan fingerprint density at radius 3 is 2.59 bits per heavy atom. The Morgan fingerprint density at radius 1 is 1.00 bits per heavy atom. The van der Waals surface area contributed by atoms with E-state index in [1.54, 1.807) is 30.6 Å². The van der Waals surface area contributed by atoms with E-state index in [2.05, 4.69) is 15.4 Å². The fraction of sp³-hybridized carbons (Fsp3) is 0.200. The van der Waals surface area contributed by atoms with Crippen LogP contribution in [-0.2, 0) is 12.8 Å². The smallest absolute Gasteiger partial charge is 0.293 e. The number of nitro groups is 1.